The molecule has 65 heavy (non-hydrogen) atoms. The molecule has 0 saturated heterocycles. The largest absolute Gasteiger partial charge is 0.206 e. The van der Waals surface area contributed by atoms with Crippen molar-refractivity contribution in [2.24, 2.45) is 0 Å². The zero-order chi connectivity index (χ0) is 44.4. The van der Waals surface area contributed by atoms with E-state index in [1.165, 1.54) is 91.0 Å². The Kier molecular flexibility index (Phi) is 12.2. The summed E-state index contributed by atoms with van der Waals surface area (Å²) in [7, 11) is -2.23. The molecule has 0 saturated carbocycles. The summed E-state index contributed by atoms with van der Waals surface area (Å²) >= 11 is 12.6. The molecule has 4 nitrogen and oxygen atoms in total. The molecular weight excluding hydrogens is 979 g/mol. The van der Waals surface area contributed by atoms with Gasteiger partial charge in [0.1, 0.15) is 41.8 Å². The molecule has 0 N–H and O–H groups in total. The number of unbranched alkanes of at least 4 members (excludes halogenated alkanes) is 6. The Bertz CT molecular complexity index is 3130. The lowest BCUT2D eigenvalue weighted by atomic mass is 10.0. The number of hydrogen-bond acceptors (Lipinski definition) is 12. The minimum atomic E-state index is -2.23. The van der Waals surface area contributed by atoms with E-state index < -0.39 is 8.07 Å². The van der Waals surface area contributed by atoms with Crippen LogP contribution in [0.4, 0.5) is 8.78 Å². The van der Waals surface area contributed by atoms with E-state index in [9.17, 15) is 0 Å². The second-order valence-corrected chi connectivity index (χ2v) is 29.3. The molecule has 9 heterocycles. The number of nitrogens with zero attached hydrogens (tertiary/aromatic N) is 4. The molecule has 2 aromatic carbocycles. The molecule has 0 atom stereocenters. The maximum Gasteiger partial charge on any atom is 0.134 e. The first kappa shape index (κ1) is 43.9. The van der Waals surface area contributed by atoms with Crippen LogP contribution < -0.4 is 10.4 Å². The van der Waals surface area contributed by atoms with Gasteiger partial charge in [-0.05, 0) is 109 Å². The van der Waals surface area contributed by atoms with Crippen LogP contribution in [0.15, 0.2) is 72.8 Å². The fourth-order valence-corrected chi connectivity index (χ4v) is 21.8. The number of thiophene rings is 6. The minimum Gasteiger partial charge on any atom is -0.206 e. The Labute approximate surface area is 411 Å². The van der Waals surface area contributed by atoms with E-state index in [2.05, 4.69) is 87.6 Å². The fourth-order valence-electron chi connectivity index (χ4n) is 9.07. The third-order valence-corrected chi connectivity index (χ3v) is 24.9. The van der Waals surface area contributed by atoms with Crippen LogP contribution in [-0.4, -0.2) is 25.6 Å². The molecule has 330 valence electrons. The highest BCUT2D eigenvalue weighted by Crippen LogP contribution is 2.50. The second kappa shape index (κ2) is 18.1. The topological polar surface area (TPSA) is 51.6 Å². The Morgan fingerprint density at radius 1 is 0.431 bits per heavy atom. The molecule has 8 aromatic heterocycles. The Hall–Kier alpha value is -3.64. The number of fused-ring (bicyclic) bond motifs is 5. The molecule has 0 amide bonds. The summed E-state index contributed by atoms with van der Waals surface area (Å²) in [4.78, 5) is 13.7. The van der Waals surface area contributed by atoms with Gasteiger partial charge in [0.25, 0.3) is 0 Å². The normalized spacial score (nSPS) is 13.2. The van der Waals surface area contributed by atoms with Gasteiger partial charge in [0.05, 0.1) is 34.6 Å². The first-order valence-electron chi connectivity index (χ1n) is 22.3. The van der Waals surface area contributed by atoms with Gasteiger partial charge in [-0.25, -0.2) is 8.78 Å². The van der Waals surface area contributed by atoms with Crippen LogP contribution >= 0.6 is 91.5 Å². The molecule has 11 rings (SSSR count). The standard InChI is InChI=1S/C50H44F2N4S8Si/c1-5-7-9-11-13-27-15-17-35(57-27)37-21-19-33(59-37)29-23-31(51)43(47-45(29)53-63-55-47)39-25-41-49(61-39)50-42(65(41,3)4)26-40(62-50)44-32(52)24-30(46-48(44)56-64-54-46)34-20-22-38(60-34)36-18-16-28(58-36)14-12-10-8-6-2/h15-26H,5-14H2,1-4H3. The van der Waals surface area contributed by atoms with Crippen molar-refractivity contribution in [1.82, 2.24) is 17.5 Å². The predicted octanol–water partition coefficient (Wildman–Crippen LogP) is 17.4. The van der Waals surface area contributed by atoms with Crippen molar-refractivity contribution in [2.75, 3.05) is 0 Å². The highest BCUT2D eigenvalue weighted by atomic mass is 32.1. The molecule has 0 unspecified atom stereocenters. The molecule has 0 spiro atoms. The highest BCUT2D eigenvalue weighted by molar-refractivity contribution is 7.31. The number of benzene rings is 2. The summed E-state index contributed by atoms with van der Waals surface area (Å²) in [6.07, 6.45) is 12.3. The maximum absolute atomic E-state index is 16.7. The van der Waals surface area contributed by atoms with Gasteiger partial charge in [0, 0.05) is 69.7 Å². The molecular formula is C50H44F2N4S8Si. The van der Waals surface area contributed by atoms with Crippen LogP contribution in [0.3, 0.4) is 0 Å². The fraction of sp³-hybridized carbons (Fsp3) is 0.280. The summed E-state index contributed by atoms with van der Waals surface area (Å²) in [5.74, 6) is -0.577. The monoisotopic (exact) mass is 1020 g/mol. The summed E-state index contributed by atoms with van der Waals surface area (Å²) in [6.45, 7) is 9.18. The van der Waals surface area contributed by atoms with Crippen LogP contribution in [0.2, 0.25) is 13.1 Å². The van der Waals surface area contributed by atoms with Gasteiger partial charge < -0.3 is 0 Å². The van der Waals surface area contributed by atoms with Gasteiger partial charge in [-0.3, -0.25) is 0 Å². The lowest BCUT2D eigenvalue weighted by Gasteiger charge is -2.16. The molecule has 0 radical (unpaired) electrons. The number of halogens is 2. The van der Waals surface area contributed by atoms with Crippen LogP contribution in [-0.2, 0) is 12.8 Å². The van der Waals surface area contributed by atoms with Crippen molar-refractivity contribution in [1.29, 1.82) is 0 Å². The second-order valence-electron chi connectivity index (χ2n) is 17.3. The summed E-state index contributed by atoms with van der Waals surface area (Å²) < 4.78 is 52.3. The quantitative estimate of drug-likeness (QED) is 0.0715. The molecule has 0 fully saturated rings. The Balaban J connectivity index is 0.884. The lowest BCUT2D eigenvalue weighted by molar-refractivity contribution is 0.633. The Morgan fingerprint density at radius 3 is 1.28 bits per heavy atom. The molecule has 1 aliphatic heterocycles. The molecule has 0 bridgehead atoms. The third-order valence-electron chi connectivity index (χ3n) is 12.6. The summed E-state index contributed by atoms with van der Waals surface area (Å²) in [5, 5.41) is 2.57. The zero-order valence-electron chi connectivity index (χ0n) is 36.3. The number of hydrogen-bond donors (Lipinski definition) is 0. The molecule has 10 aromatic rings. The first-order chi connectivity index (χ1) is 31.7. The van der Waals surface area contributed by atoms with E-state index in [-0.39, 0.29) is 11.6 Å². The van der Waals surface area contributed by atoms with Crippen molar-refractivity contribution < 1.29 is 8.78 Å². The maximum atomic E-state index is 16.7. The van der Waals surface area contributed by atoms with Crippen LogP contribution in [0.25, 0.3) is 93.1 Å². The van der Waals surface area contributed by atoms with Gasteiger partial charge >= 0.3 is 0 Å². The van der Waals surface area contributed by atoms with Crippen LogP contribution in [0.1, 0.15) is 75.0 Å². The number of aryl methyl sites for hydroxylation is 2. The smallest absolute Gasteiger partial charge is 0.134 e. The predicted molar refractivity (Wildman–Crippen MR) is 286 cm³/mol. The highest BCUT2D eigenvalue weighted by Gasteiger charge is 2.42. The Morgan fingerprint density at radius 2 is 0.831 bits per heavy atom. The van der Waals surface area contributed by atoms with E-state index in [0.29, 0.717) is 22.2 Å². The van der Waals surface area contributed by atoms with Gasteiger partial charge in [-0.2, -0.15) is 17.5 Å². The van der Waals surface area contributed by atoms with Crippen molar-refractivity contribution in [3.63, 3.8) is 0 Å². The summed E-state index contributed by atoms with van der Waals surface area (Å²) in [6, 6.07) is 25.2. The van der Waals surface area contributed by atoms with Gasteiger partial charge in [0.2, 0.25) is 0 Å². The molecule has 15 heteroatoms. The third kappa shape index (κ3) is 7.99. The van der Waals surface area contributed by atoms with E-state index in [0.717, 1.165) is 87.7 Å². The average molecular weight is 1020 g/mol. The van der Waals surface area contributed by atoms with E-state index in [1.54, 1.807) is 57.5 Å². The zero-order valence-corrected chi connectivity index (χ0v) is 43.8. The average Bonchev–Trinajstić information content (AvgIpc) is 4.13. The van der Waals surface area contributed by atoms with Crippen molar-refractivity contribution in [3.05, 3.63) is 94.2 Å². The van der Waals surface area contributed by atoms with Gasteiger partial charge in [-0.15, -0.1) is 68.0 Å². The van der Waals surface area contributed by atoms with Crippen molar-refractivity contribution >= 4 is 132 Å². The molecule has 1 aliphatic rings. The van der Waals surface area contributed by atoms with Crippen molar-refractivity contribution in [2.45, 2.75) is 91.1 Å². The SMILES string of the molecule is CCCCCCc1ccc(-c2ccc(-c3cc(F)c(-c4cc5c(s4)-c4sc(-c6c(F)cc(-c7ccc(-c8ccc(CCCCCC)s8)s7)c7nsnc67)cc4[Si]5(C)C)c4nsnc34)s2)s1. The van der Waals surface area contributed by atoms with E-state index >= 15 is 8.78 Å². The van der Waals surface area contributed by atoms with Gasteiger partial charge in [-0.1, -0.05) is 65.5 Å². The van der Waals surface area contributed by atoms with E-state index in [4.69, 9.17) is 17.5 Å². The first-order valence-corrected chi connectivity index (χ1v) is 31.6. The van der Waals surface area contributed by atoms with Crippen molar-refractivity contribution in [3.8, 4) is 71.0 Å². The van der Waals surface area contributed by atoms with Crippen LogP contribution in [0, 0.1) is 11.6 Å². The minimum absolute atomic E-state index is 0.288. The summed E-state index contributed by atoms with van der Waals surface area (Å²) in [5.41, 5.74) is 5.27. The number of aromatic nitrogens is 4. The lowest BCUT2D eigenvalue weighted by Crippen LogP contribution is -2.48. The van der Waals surface area contributed by atoms with E-state index in [1.807, 2.05) is 22.7 Å². The van der Waals surface area contributed by atoms with Gasteiger partial charge in [0.15, 0.2) is 0 Å². The molecule has 0 aliphatic carbocycles. The number of rotatable bonds is 16. The van der Waals surface area contributed by atoms with Crippen LogP contribution in [0.5, 0.6) is 0 Å².